The fourth-order valence-corrected chi connectivity index (χ4v) is 7.09. The van der Waals surface area contributed by atoms with E-state index in [4.69, 9.17) is 4.74 Å². The van der Waals surface area contributed by atoms with E-state index in [-0.39, 0.29) is 21.8 Å². The van der Waals surface area contributed by atoms with Crippen LogP contribution < -0.4 is 4.74 Å². The first kappa shape index (κ1) is 27.4. The molecule has 38 heavy (non-hydrogen) atoms. The van der Waals surface area contributed by atoms with E-state index in [9.17, 15) is 26.5 Å². The van der Waals surface area contributed by atoms with Gasteiger partial charge in [-0.3, -0.25) is 4.55 Å². The molecule has 4 rings (SSSR count). The smallest absolute Gasteiger partial charge is 0.295 e. The second-order valence-electron chi connectivity index (χ2n) is 9.65. The summed E-state index contributed by atoms with van der Waals surface area (Å²) < 4.78 is 66.8. The van der Waals surface area contributed by atoms with Gasteiger partial charge in [-0.15, -0.1) is 0 Å². The minimum absolute atomic E-state index is 0.0442. The van der Waals surface area contributed by atoms with E-state index in [0.717, 1.165) is 28.8 Å². The average Bonchev–Trinajstić information content (AvgIpc) is 2.84. The first-order valence-corrected chi connectivity index (χ1v) is 14.6. The lowest BCUT2D eigenvalue weighted by Crippen LogP contribution is -2.18. The van der Waals surface area contributed by atoms with Crippen LogP contribution in [-0.2, 0) is 25.4 Å². The number of aromatic hydroxyl groups is 1. The van der Waals surface area contributed by atoms with Crippen LogP contribution in [0.25, 0.3) is 0 Å². The summed E-state index contributed by atoms with van der Waals surface area (Å²) in [6.07, 6.45) is 0. The number of ether oxygens (including phenoxy) is 1. The fraction of sp³-hybridized carbons (Fsp3) is 0.172. The van der Waals surface area contributed by atoms with E-state index < -0.39 is 29.7 Å². The predicted molar refractivity (Wildman–Crippen MR) is 144 cm³/mol. The van der Waals surface area contributed by atoms with Gasteiger partial charge in [-0.2, -0.15) is 8.42 Å². The maximum Gasteiger partial charge on any atom is 0.295 e. The minimum atomic E-state index is -4.90. The van der Waals surface area contributed by atoms with Gasteiger partial charge in [-0.05, 0) is 73.0 Å². The van der Waals surface area contributed by atoms with Gasteiger partial charge in [-0.1, -0.05) is 55.8 Å². The number of phenols is 1. The van der Waals surface area contributed by atoms with E-state index in [0.29, 0.717) is 11.3 Å². The number of hydrogen-bond acceptors (Lipinski definition) is 6. The maximum absolute atomic E-state index is 13.3. The lowest BCUT2D eigenvalue weighted by Gasteiger charge is -2.26. The molecule has 0 unspecified atom stereocenters. The van der Waals surface area contributed by atoms with E-state index in [2.05, 4.69) is 0 Å². The van der Waals surface area contributed by atoms with Crippen LogP contribution in [0.3, 0.4) is 0 Å². The molecule has 0 saturated carbocycles. The number of sulfone groups is 1. The highest BCUT2D eigenvalue weighted by Crippen LogP contribution is 2.36. The van der Waals surface area contributed by atoms with Crippen LogP contribution >= 0.6 is 0 Å². The van der Waals surface area contributed by atoms with Crippen LogP contribution in [-0.4, -0.2) is 26.5 Å². The summed E-state index contributed by atoms with van der Waals surface area (Å²) in [7, 11) is -9.15. The van der Waals surface area contributed by atoms with Crippen molar-refractivity contribution in [2.75, 3.05) is 0 Å². The van der Waals surface area contributed by atoms with Gasteiger partial charge >= 0.3 is 0 Å². The highest BCUT2D eigenvalue weighted by molar-refractivity contribution is 7.93. The molecule has 0 amide bonds. The van der Waals surface area contributed by atoms with Gasteiger partial charge in [0.25, 0.3) is 10.1 Å². The second kappa shape index (κ2) is 9.90. The van der Waals surface area contributed by atoms with Crippen molar-refractivity contribution in [2.24, 2.45) is 0 Å². The molecule has 0 aliphatic rings. The van der Waals surface area contributed by atoms with Crippen molar-refractivity contribution in [2.45, 2.75) is 47.8 Å². The van der Waals surface area contributed by atoms with E-state index in [1.807, 2.05) is 45.0 Å². The van der Waals surface area contributed by atoms with Crippen LogP contribution in [0.1, 0.15) is 36.1 Å². The molecule has 0 aliphatic carbocycles. The molecule has 0 aromatic heterocycles. The van der Waals surface area contributed by atoms with Crippen LogP contribution in [0, 0.1) is 13.8 Å². The summed E-state index contributed by atoms with van der Waals surface area (Å²) in [5, 5.41) is 9.58. The Morgan fingerprint density at radius 3 is 1.74 bits per heavy atom. The highest BCUT2D eigenvalue weighted by atomic mass is 32.2. The Morgan fingerprint density at radius 2 is 1.18 bits per heavy atom. The van der Waals surface area contributed by atoms with E-state index >= 15 is 0 Å². The first-order valence-electron chi connectivity index (χ1n) is 11.7. The second-order valence-corrected chi connectivity index (χ2v) is 12.9. The zero-order valence-electron chi connectivity index (χ0n) is 21.3. The lowest BCUT2D eigenvalue weighted by atomic mass is 9.78. The Morgan fingerprint density at radius 1 is 0.658 bits per heavy atom. The molecule has 4 aromatic rings. The molecule has 0 spiro atoms. The third-order valence-corrected chi connectivity index (χ3v) is 9.50. The zero-order valence-corrected chi connectivity index (χ0v) is 23.0. The van der Waals surface area contributed by atoms with Gasteiger partial charge in [0.05, 0.1) is 9.79 Å². The molecule has 9 heteroatoms. The Kier molecular flexibility index (Phi) is 7.13. The Labute approximate surface area is 223 Å². The summed E-state index contributed by atoms with van der Waals surface area (Å²) in [6, 6.07) is 22.3. The summed E-state index contributed by atoms with van der Waals surface area (Å²) in [5.41, 5.74) is 2.93. The molecule has 7 nitrogen and oxygen atoms in total. The van der Waals surface area contributed by atoms with Crippen molar-refractivity contribution in [3.8, 4) is 17.2 Å². The third kappa shape index (κ3) is 5.45. The lowest BCUT2D eigenvalue weighted by molar-refractivity contribution is 0.467. The standard InChI is InChI=1S/C29H28O7S2/c1-19-5-15-26(20(2)17-19)37(31,32)27-16-14-25(18-28(27)38(33,34)35)36-24-12-8-22(9-13-24)29(3,4)21-6-10-23(30)11-7-21/h5-18,30H,1-4H3,(H,33,34,35). The van der Waals surface area contributed by atoms with Crippen LogP contribution in [0.15, 0.2) is 99.6 Å². The summed E-state index contributed by atoms with van der Waals surface area (Å²) in [6.45, 7) is 7.53. The fourth-order valence-electron chi connectivity index (χ4n) is 4.32. The van der Waals surface area contributed by atoms with Crippen LogP contribution in [0.5, 0.6) is 17.2 Å². The van der Waals surface area contributed by atoms with E-state index in [1.165, 1.54) is 12.1 Å². The normalized spacial score (nSPS) is 12.3. The van der Waals surface area contributed by atoms with Crippen molar-refractivity contribution in [3.05, 3.63) is 107 Å². The van der Waals surface area contributed by atoms with Crippen molar-refractivity contribution in [1.82, 2.24) is 0 Å². The topological polar surface area (TPSA) is 118 Å². The molecule has 0 atom stereocenters. The molecule has 4 aromatic carbocycles. The average molecular weight is 553 g/mol. The number of hydrogen-bond donors (Lipinski definition) is 2. The molecule has 0 radical (unpaired) electrons. The van der Waals surface area contributed by atoms with Gasteiger partial charge in [-0.25, -0.2) is 8.42 Å². The summed E-state index contributed by atoms with van der Waals surface area (Å²) in [4.78, 5) is -1.35. The van der Waals surface area contributed by atoms with Crippen molar-refractivity contribution >= 4 is 20.0 Å². The molecule has 2 N–H and O–H groups in total. The van der Waals surface area contributed by atoms with Crippen LogP contribution in [0.4, 0.5) is 0 Å². The quantitative estimate of drug-likeness (QED) is 0.262. The Hall–Kier alpha value is -3.66. The monoisotopic (exact) mass is 552 g/mol. The SMILES string of the molecule is Cc1ccc(S(=O)(=O)c2ccc(Oc3ccc(C(C)(C)c4ccc(O)cc4)cc3)cc2S(=O)(=O)O)c(C)c1. The number of phenolic OH excluding ortho intramolecular Hbond substituents is 1. The predicted octanol–water partition coefficient (Wildman–Crippen LogP) is 6.21. The number of benzene rings is 4. The van der Waals surface area contributed by atoms with Gasteiger partial charge < -0.3 is 9.84 Å². The van der Waals surface area contributed by atoms with Crippen molar-refractivity contribution < 1.29 is 31.2 Å². The van der Waals surface area contributed by atoms with E-state index in [1.54, 1.807) is 43.3 Å². The molecule has 0 bridgehead atoms. The first-order chi connectivity index (χ1) is 17.7. The molecule has 0 saturated heterocycles. The third-order valence-electron chi connectivity index (χ3n) is 6.50. The summed E-state index contributed by atoms with van der Waals surface area (Å²) >= 11 is 0. The highest BCUT2D eigenvalue weighted by Gasteiger charge is 2.29. The summed E-state index contributed by atoms with van der Waals surface area (Å²) in [5.74, 6) is 0.620. The van der Waals surface area contributed by atoms with Gasteiger partial charge in [0.15, 0.2) is 0 Å². The molecule has 0 fully saturated rings. The van der Waals surface area contributed by atoms with Crippen molar-refractivity contribution in [1.29, 1.82) is 0 Å². The molecular weight excluding hydrogens is 524 g/mol. The number of rotatable bonds is 7. The molecule has 0 aliphatic heterocycles. The number of aryl methyl sites for hydroxylation is 2. The Bertz CT molecular complexity index is 1700. The maximum atomic E-state index is 13.3. The van der Waals surface area contributed by atoms with Gasteiger partial charge in [0.2, 0.25) is 9.84 Å². The van der Waals surface area contributed by atoms with Crippen LogP contribution in [0.2, 0.25) is 0 Å². The van der Waals surface area contributed by atoms with Crippen molar-refractivity contribution in [3.63, 3.8) is 0 Å². The largest absolute Gasteiger partial charge is 0.508 e. The Balaban J connectivity index is 1.67. The molecular formula is C29H28O7S2. The zero-order chi connectivity index (χ0) is 27.9. The molecule has 198 valence electrons. The van der Waals surface area contributed by atoms with Gasteiger partial charge in [0.1, 0.15) is 22.1 Å². The van der Waals surface area contributed by atoms with Gasteiger partial charge in [0, 0.05) is 11.5 Å². The minimum Gasteiger partial charge on any atom is -0.508 e. The molecule has 0 heterocycles.